The Labute approximate surface area is 114 Å². The van der Waals surface area contributed by atoms with E-state index in [9.17, 15) is 0 Å². The molecule has 4 heteroatoms. The van der Waals surface area contributed by atoms with Crippen molar-refractivity contribution in [1.82, 2.24) is 4.98 Å². The number of aryl methyl sites for hydroxylation is 1. The van der Waals surface area contributed by atoms with Gasteiger partial charge in [-0.1, -0.05) is 32.0 Å². The van der Waals surface area contributed by atoms with Crippen molar-refractivity contribution in [2.24, 2.45) is 11.7 Å². The van der Waals surface area contributed by atoms with E-state index in [1.807, 2.05) is 19.1 Å². The van der Waals surface area contributed by atoms with E-state index in [2.05, 4.69) is 17.2 Å². The van der Waals surface area contributed by atoms with Gasteiger partial charge in [-0.05, 0) is 37.8 Å². The van der Waals surface area contributed by atoms with Crippen molar-refractivity contribution in [2.45, 2.75) is 45.6 Å². The molecule has 0 aromatic carbocycles. The summed E-state index contributed by atoms with van der Waals surface area (Å²) in [6, 6.07) is 4.40. The molecule has 0 spiro atoms. The molecule has 1 heterocycles. The molecule has 18 heavy (non-hydrogen) atoms. The van der Waals surface area contributed by atoms with E-state index in [1.54, 1.807) is 0 Å². The first-order chi connectivity index (χ1) is 8.56. The highest BCUT2D eigenvalue weighted by molar-refractivity contribution is 7.80. The first kappa shape index (κ1) is 13.3. The fourth-order valence-electron chi connectivity index (χ4n) is 2.61. The summed E-state index contributed by atoms with van der Waals surface area (Å²) in [5.74, 6) is 1.60. The van der Waals surface area contributed by atoms with E-state index >= 15 is 0 Å². The Morgan fingerprint density at radius 2 is 2.11 bits per heavy atom. The molecule has 2 rings (SSSR count). The van der Waals surface area contributed by atoms with Crippen LogP contribution in [0.15, 0.2) is 12.1 Å². The number of hydrogen-bond donors (Lipinski definition) is 2. The summed E-state index contributed by atoms with van der Waals surface area (Å²) >= 11 is 5.03. The Morgan fingerprint density at radius 3 is 2.78 bits per heavy atom. The average Bonchev–Trinajstić information content (AvgIpc) is 2.31. The molecule has 0 bridgehead atoms. The Kier molecular flexibility index (Phi) is 4.17. The molecule has 98 valence electrons. The van der Waals surface area contributed by atoms with Crippen molar-refractivity contribution in [2.75, 3.05) is 5.32 Å². The second-order valence-corrected chi connectivity index (χ2v) is 5.70. The predicted molar refractivity (Wildman–Crippen MR) is 79.9 cm³/mol. The van der Waals surface area contributed by atoms with Gasteiger partial charge in [0, 0.05) is 17.3 Å². The number of nitrogens with one attached hydrogen (secondary N) is 1. The van der Waals surface area contributed by atoms with Crippen LogP contribution < -0.4 is 11.1 Å². The molecule has 1 aliphatic rings. The highest BCUT2D eigenvalue weighted by Crippen LogP contribution is 2.26. The molecule has 1 fully saturated rings. The molecule has 3 N–H and O–H groups in total. The standard InChI is InChI=1S/C14H21N3S/c1-9-5-3-4-6-12(9)17-13-8-11(14(15)18)7-10(2)16-13/h7-9,12H,3-6H2,1-2H3,(H2,15,18)(H,16,17). The molecule has 1 aromatic rings. The van der Waals surface area contributed by atoms with Crippen LogP contribution in [-0.2, 0) is 0 Å². The summed E-state index contributed by atoms with van der Waals surface area (Å²) in [7, 11) is 0. The summed E-state index contributed by atoms with van der Waals surface area (Å²) in [5.41, 5.74) is 7.53. The number of nitrogens with zero attached hydrogens (tertiary/aromatic N) is 1. The van der Waals surface area contributed by atoms with E-state index in [1.165, 1.54) is 25.7 Å². The second kappa shape index (κ2) is 5.65. The zero-order chi connectivity index (χ0) is 13.1. The van der Waals surface area contributed by atoms with Gasteiger partial charge in [0.05, 0.1) is 0 Å². The third kappa shape index (κ3) is 3.19. The SMILES string of the molecule is Cc1cc(C(N)=S)cc(NC2CCCCC2C)n1. The minimum atomic E-state index is 0.431. The molecule has 2 atom stereocenters. The molecule has 1 aromatic heterocycles. The lowest BCUT2D eigenvalue weighted by Crippen LogP contribution is -2.30. The fraction of sp³-hybridized carbons (Fsp3) is 0.571. The topological polar surface area (TPSA) is 50.9 Å². The molecule has 1 saturated carbocycles. The summed E-state index contributed by atoms with van der Waals surface area (Å²) in [4.78, 5) is 4.95. The maximum Gasteiger partial charge on any atom is 0.127 e. The lowest BCUT2D eigenvalue weighted by molar-refractivity contribution is 0.349. The smallest absolute Gasteiger partial charge is 0.127 e. The maximum atomic E-state index is 5.69. The molecule has 1 aliphatic carbocycles. The number of rotatable bonds is 3. The number of nitrogens with two attached hydrogens (primary N) is 1. The molecular weight excluding hydrogens is 242 g/mol. The minimum Gasteiger partial charge on any atom is -0.389 e. The van der Waals surface area contributed by atoms with Crippen LogP contribution in [0.4, 0.5) is 5.82 Å². The van der Waals surface area contributed by atoms with Crippen LogP contribution in [0, 0.1) is 12.8 Å². The van der Waals surface area contributed by atoms with E-state index in [4.69, 9.17) is 18.0 Å². The molecular formula is C14H21N3S. The van der Waals surface area contributed by atoms with Crippen LogP contribution >= 0.6 is 12.2 Å². The van der Waals surface area contributed by atoms with Crippen molar-refractivity contribution >= 4 is 23.0 Å². The van der Waals surface area contributed by atoms with Crippen LogP contribution in [0.2, 0.25) is 0 Å². The van der Waals surface area contributed by atoms with Crippen LogP contribution in [-0.4, -0.2) is 16.0 Å². The third-order valence-electron chi connectivity index (χ3n) is 3.68. The van der Waals surface area contributed by atoms with Gasteiger partial charge in [0.15, 0.2) is 0 Å². The second-order valence-electron chi connectivity index (χ2n) is 5.26. The quantitative estimate of drug-likeness (QED) is 0.823. The molecule has 0 saturated heterocycles. The lowest BCUT2D eigenvalue weighted by atomic mass is 9.86. The van der Waals surface area contributed by atoms with Gasteiger partial charge in [0.1, 0.15) is 10.8 Å². The summed E-state index contributed by atoms with van der Waals surface area (Å²) < 4.78 is 0. The van der Waals surface area contributed by atoms with E-state index in [0.717, 1.165) is 17.1 Å². The first-order valence-corrected chi connectivity index (χ1v) is 7.02. The largest absolute Gasteiger partial charge is 0.389 e. The van der Waals surface area contributed by atoms with Gasteiger partial charge < -0.3 is 11.1 Å². The van der Waals surface area contributed by atoms with Crippen molar-refractivity contribution in [3.8, 4) is 0 Å². The Hall–Kier alpha value is -1.16. The lowest BCUT2D eigenvalue weighted by Gasteiger charge is -2.30. The number of anilines is 1. The average molecular weight is 263 g/mol. The van der Waals surface area contributed by atoms with Crippen LogP contribution in [0.3, 0.4) is 0 Å². The molecule has 3 nitrogen and oxygen atoms in total. The molecule has 0 aliphatic heterocycles. The highest BCUT2D eigenvalue weighted by Gasteiger charge is 2.21. The van der Waals surface area contributed by atoms with Crippen molar-refractivity contribution < 1.29 is 0 Å². The monoisotopic (exact) mass is 263 g/mol. The fourth-order valence-corrected chi connectivity index (χ4v) is 2.72. The van der Waals surface area contributed by atoms with E-state index in [0.29, 0.717) is 16.9 Å². The minimum absolute atomic E-state index is 0.431. The first-order valence-electron chi connectivity index (χ1n) is 6.61. The highest BCUT2D eigenvalue weighted by atomic mass is 32.1. The Balaban J connectivity index is 2.15. The normalized spacial score (nSPS) is 23.7. The maximum absolute atomic E-state index is 5.69. The molecule has 0 radical (unpaired) electrons. The molecule has 2 unspecified atom stereocenters. The van der Waals surface area contributed by atoms with Gasteiger partial charge in [-0.25, -0.2) is 4.98 Å². The van der Waals surface area contributed by atoms with Gasteiger partial charge in [-0.2, -0.15) is 0 Å². The van der Waals surface area contributed by atoms with Crippen LogP contribution in [0.5, 0.6) is 0 Å². The van der Waals surface area contributed by atoms with Crippen molar-refractivity contribution in [3.05, 3.63) is 23.4 Å². The number of thiocarbonyl (C=S) groups is 1. The van der Waals surface area contributed by atoms with Crippen molar-refractivity contribution in [3.63, 3.8) is 0 Å². The Bertz CT molecular complexity index is 445. The van der Waals surface area contributed by atoms with E-state index in [-0.39, 0.29) is 0 Å². The summed E-state index contributed by atoms with van der Waals surface area (Å²) in [6.07, 6.45) is 5.17. The molecule has 0 amide bonds. The predicted octanol–water partition coefficient (Wildman–Crippen LogP) is 3.01. The summed E-state index contributed by atoms with van der Waals surface area (Å²) in [6.45, 7) is 4.28. The van der Waals surface area contributed by atoms with Crippen LogP contribution in [0.1, 0.15) is 43.9 Å². The van der Waals surface area contributed by atoms with Crippen LogP contribution in [0.25, 0.3) is 0 Å². The van der Waals surface area contributed by atoms with Crippen molar-refractivity contribution in [1.29, 1.82) is 0 Å². The van der Waals surface area contributed by atoms with Gasteiger partial charge in [-0.3, -0.25) is 0 Å². The number of aromatic nitrogens is 1. The number of pyridine rings is 1. The van der Waals surface area contributed by atoms with Gasteiger partial charge in [0.25, 0.3) is 0 Å². The summed E-state index contributed by atoms with van der Waals surface area (Å²) in [5, 5.41) is 3.54. The van der Waals surface area contributed by atoms with E-state index < -0.39 is 0 Å². The third-order valence-corrected chi connectivity index (χ3v) is 3.92. The van der Waals surface area contributed by atoms with Gasteiger partial charge in [0.2, 0.25) is 0 Å². The Morgan fingerprint density at radius 1 is 1.39 bits per heavy atom. The zero-order valence-corrected chi connectivity index (χ0v) is 11.9. The zero-order valence-electron chi connectivity index (χ0n) is 11.1. The van der Waals surface area contributed by atoms with Gasteiger partial charge in [-0.15, -0.1) is 0 Å². The van der Waals surface area contributed by atoms with Gasteiger partial charge >= 0.3 is 0 Å². The number of hydrogen-bond acceptors (Lipinski definition) is 3.